The maximum atomic E-state index is 13.5. The van der Waals surface area contributed by atoms with E-state index in [0.717, 1.165) is 24.3 Å². The molecule has 0 fully saturated rings. The number of hydrogen-bond donors (Lipinski definition) is 1. The summed E-state index contributed by atoms with van der Waals surface area (Å²) in [6.07, 6.45) is 1.24. The van der Waals surface area contributed by atoms with Gasteiger partial charge in [0.2, 0.25) is 6.61 Å². The number of nitrogens with zero attached hydrogens (tertiary/aromatic N) is 1. The zero-order valence-electron chi connectivity index (χ0n) is 16.9. The second-order valence-corrected chi connectivity index (χ2v) is 6.68. The fourth-order valence-corrected chi connectivity index (χ4v) is 2.61. The molecule has 0 aliphatic carbocycles. The fraction of sp³-hybridized carbons (Fsp3) is 0.130. The van der Waals surface area contributed by atoms with Crippen molar-refractivity contribution < 1.29 is 41.8 Å². The second kappa shape index (κ2) is 11.0. The zero-order valence-corrected chi connectivity index (χ0v) is 16.9. The Morgan fingerprint density at radius 2 is 1.36 bits per heavy atom. The summed E-state index contributed by atoms with van der Waals surface area (Å²) in [6, 6.07) is 11.2. The Balaban J connectivity index is 1.77. The van der Waals surface area contributed by atoms with Gasteiger partial charge in [0.25, 0.3) is 0 Å². The summed E-state index contributed by atoms with van der Waals surface area (Å²) in [5.74, 6) is -4.79. The Kier molecular flexibility index (Phi) is 7.85. The van der Waals surface area contributed by atoms with Crippen molar-refractivity contribution in [1.82, 2.24) is 0 Å². The van der Waals surface area contributed by atoms with Crippen LogP contribution in [-0.4, -0.2) is 23.9 Å². The van der Waals surface area contributed by atoms with E-state index in [-0.39, 0.29) is 24.7 Å². The van der Waals surface area contributed by atoms with Crippen molar-refractivity contribution in [3.63, 3.8) is 0 Å². The third-order valence-corrected chi connectivity index (χ3v) is 4.19. The normalized spacial score (nSPS) is 10.9. The Bertz CT molecular complexity index is 1170. The van der Waals surface area contributed by atoms with E-state index in [1.54, 1.807) is 6.07 Å². The van der Waals surface area contributed by atoms with Crippen LogP contribution in [0.15, 0.2) is 59.8 Å². The van der Waals surface area contributed by atoms with Gasteiger partial charge in [-0.3, -0.25) is 0 Å². The molecule has 0 amide bonds. The van der Waals surface area contributed by atoms with Crippen LogP contribution in [0.2, 0.25) is 0 Å². The molecule has 0 saturated carbocycles. The molecule has 0 saturated heterocycles. The van der Waals surface area contributed by atoms with Crippen molar-refractivity contribution in [2.45, 2.75) is 13.2 Å². The topological polar surface area (TPSA) is 77.4 Å². The summed E-state index contributed by atoms with van der Waals surface area (Å²) < 4.78 is 64.5. The highest BCUT2D eigenvalue weighted by molar-refractivity contribution is 5.80. The number of carboxylic acids is 1. The molecule has 172 valence electrons. The SMILES string of the molecule is O=C(O)CON=Cc1ccc(OCc2ccc(F)c(F)c2)c(OCc2ccc(F)c(F)c2)c1. The van der Waals surface area contributed by atoms with Gasteiger partial charge in [-0.25, -0.2) is 22.4 Å². The molecule has 0 unspecified atom stereocenters. The van der Waals surface area contributed by atoms with Crippen LogP contribution in [0, 0.1) is 23.3 Å². The lowest BCUT2D eigenvalue weighted by atomic mass is 10.2. The van der Waals surface area contributed by atoms with Crippen LogP contribution >= 0.6 is 0 Å². The Morgan fingerprint density at radius 3 is 1.91 bits per heavy atom. The predicted octanol–water partition coefficient (Wildman–Crippen LogP) is 4.84. The van der Waals surface area contributed by atoms with Crippen molar-refractivity contribution >= 4 is 12.2 Å². The van der Waals surface area contributed by atoms with Crippen LogP contribution in [0.5, 0.6) is 11.5 Å². The fourth-order valence-electron chi connectivity index (χ4n) is 2.61. The molecule has 6 nitrogen and oxygen atoms in total. The van der Waals surface area contributed by atoms with Gasteiger partial charge in [0, 0.05) is 5.56 Å². The minimum atomic E-state index is -1.19. The number of oxime groups is 1. The average Bonchev–Trinajstić information content (AvgIpc) is 2.79. The first-order chi connectivity index (χ1) is 15.8. The molecule has 0 aromatic heterocycles. The van der Waals surface area contributed by atoms with Gasteiger partial charge in [-0.1, -0.05) is 17.3 Å². The van der Waals surface area contributed by atoms with Gasteiger partial charge < -0.3 is 19.4 Å². The van der Waals surface area contributed by atoms with Gasteiger partial charge in [0.1, 0.15) is 13.2 Å². The van der Waals surface area contributed by atoms with Gasteiger partial charge in [0.05, 0.1) is 6.21 Å². The third-order valence-electron chi connectivity index (χ3n) is 4.19. The highest BCUT2D eigenvalue weighted by Crippen LogP contribution is 2.30. The first-order valence-corrected chi connectivity index (χ1v) is 9.46. The molecule has 0 radical (unpaired) electrons. The van der Waals surface area contributed by atoms with Gasteiger partial charge in [0.15, 0.2) is 34.8 Å². The van der Waals surface area contributed by atoms with E-state index < -0.39 is 35.8 Å². The number of ether oxygens (including phenoxy) is 2. The lowest BCUT2D eigenvalue weighted by molar-refractivity contribution is -0.142. The van der Waals surface area contributed by atoms with Crippen molar-refractivity contribution in [3.8, 4) is 11.5 Å². The molecule has 0 spiro atoms. The highest BCUT2D eigenvalue weighted by Gasteiger charge is 2.10. The van der Waals surface area contributed by atoms with Crippen molar-refractivity contribution in [1.29, 1.82) is 0 Å². The quantitative estimate of drug-likeness (QED) is 0.265. The van der Waals surface area contributed by atoms with Crippen LogP contribution in [0.1, 0.15) is 16.7 Å². The molecule has 1 N–H and O–H groups in total. The lowest BCUT2D eigenvalue weighted by Gasteiger charge is -2.14. The van der Waals surface area contributed by atoms with Crippen LogP contribution in [0.4, 0.5) is 17.6 Å². The summed E-state index contributed by atoms with van der Waals surface area (Å²) in [5, 5.41) is 12.1. The monoisotopic (exact) mass is 463 g/mol. The zero-order chi connectivity index (χ0) is 23.8. The predicted molar refractivity (Wildman–Crippen MR) is 109 cm³/mol. The van der Waals surface area contributed by atoms with Gasteiger partial charge in [-0.15, -0.1) is 0 Å². The van der Waals surface area contributed by atoms with Crippen molar-refractivity contribution in [2.24, 2.45) is 5.16 Å². The number of rotatable bonds is 10. The highest BCUT2D eigenvalue weighted by atomic mass is 19.2. The van der Waals surface area contributed by atoms with E-state index >= 15 is 0 Å². The first-order valence-electron chi connectivity index (χ1n) is 9.46. The molecular weight excluding hydrogens is 446 g/mol. The van der Waals surface area contributed by atoms with Crippen molar-refractivity contribution in [3.05, 3.63) is 94.6 Å². The molecule has 3 rings (SSSR count). The molecule has 3 aromatic carbocycles. The molecule has 0 aliphatic heterocycles. The first kappa shape index (κ1) is 23.6. The largest absolute Gasteiger partial charge is 0.485 e. The van der Waals surface area contributed by atoms with Crippen LogP contribution in [0.25, 0.3) is 0 Å². The smallest absolute Gasteiger partial charge is 0.344 e. The molecule has 0 atom stereocenters. The number of hydrogen-bond acceptors (Lipinski definition) is 5. The summed E-state index contributed by atoms with van der Waals surface area (Å²) in [5.41, 5.74) is 1.18. The summed E-state index contributed by atoms with van der Waals surface area (Å²) in [7, 11) is 0. The molecule has 3 aromatic rings. The summed E-state index contributed by atoms with van der Waals surface area (Å²) in [6.45, 7) is -0.853. The van der Waals surface area contributed by atoms with Gasteiger partial charge in [-0.05, 0) is 53.6 Å². The second-order valence-electron chi connectivity index (χ2n) is 6.68. The Labute approximate surface area is 185 Å². The van der Waals surface area contributed by atoms with Crippen molar-refractivity contribution in [2.75, 3.05) is 6.61 Å². The molecular formula is C23H17F4NO5. The van der Waals surface area contributed by atoms with Crippen LogP contribution in [0.3, 0.4) is 0 Å². The lowest BCUT2D eigenvalue weighted by Crippen LogP contribution is -2.04. The Hall–Kier alpha value is -4.08. The van der Waals surface area contributed by atoms with E-state index in [0.29, 0.717) is 16.7 Å². The summed E-state index contributed by atoms with van der Waals surface area (Å²) >= 11 is 0. The maximum Gasteiger partial charge on any atom is 0.344 e. The third kappa shape index (κ3) is 6.96. The molecule has 33 heavy (non-hydrogen) atoms. The van der Waals surface area contributed by atoms with E-state index in [4.69, 9.17) is 14.6 Å². The van der Waals surface area contributed by atoms with Crippen LogP contribution in [-0.2, 0) is 22.8 Å². The molecule has 0 aliphatic rings. The van der Waals surface area contributed by atoms with E-state index in [9.17, 15) is 22.4 Å². The Morgan fingerprint density at radius 1 is 0.788 bits per heavy atom. The number of aliphatic carboxylic acids is 1. The molecule has 0 bridgehead atoms. The van der Waals surface area contributed by atoms with Gasteiger partial charge in [-0.2, -0.15) is 0 Å². The number of halogens is 4. The molecule has 10 heteroatoms. The number of carboxylic acid groups (broad SMARTS) is 1. The minimum absolute atomic E-state index is 0.103. The van der Waals surface area contributed by atoms with E-state index in [1.165, 1.54) is 30.5 Å². The van der Waals surface area contributed by atoms with E-state index in [1.807, 2.05) is 0 Å². The number of benzene rings is 3. The maximum absolute atomic E-state index is 13.5. The average molecular weight is 463 g/mol. The standard InChI is InChI=1S/C23H17F4NO5/c24-17-4-1-15(7-19(17)26)11-31-21-6-3-14(10-28-33-13-23(29)30)9-22(21)32-12-16-2-5-18(25)20(27)8-16/h1-10H,11-13H2,(H,29,30). The van der Waals surface area contributed by atoms with Gasteiger partial charge >= 0.3 is 5.97 Å². The summed E-state index contributed by atoms with van der Waals surface area (Å²) in [4.78, 5) is 15.1. The van der Waals surface area contributed by atoms with E-state index in [2.05, 4.69) is 9.99 Å². The number of carbonyl (C=O) groups is 1. The molecule has 0 heterocycles. The minimum Gasteiger partial charge on any atom is -0.485 e. The van der Waals surface area contributed by atoms with Crippen LogP contribution < -0.4 is 9.47 Å².